The van der Waals surface area contributed by atoms with E-state index in [2.05, 4.69) is 22.0 Å². The molecular weight excluding hydrogens is 444 g/mol. The van der Waals surface area contributed by atoms with Gasteiger partial charge in [-0.15, -0.1) is 5.10 Å². The average Bonchev–Trinajstić information content (AvgIpc) is 3.51. The first-order valence-corrected chi connectivity index (χ1v) is 12.6. The Labute approximate surface area is 204 Å². The molecule has 0 bridgehead atoms. The lowest BCUT2D eigenvalue weighted by molar-refractivity contribution is -0.185. The highest BCUT2D eigenvalue weighted by molar-refractivity contribution is 6.01. The van der Waals surface area contributed by atoms with E-state index in [4.69, 9.17) is 4.74 Å². The molecule has 5 rings (SSSR count). The lowest BCUT2D eigenvalue weighted by Crippen LogP contribution is -2.52. The summed E-state index contributed by atoms with van der Waals surface area (Å²) in [5.74, 6) is -0.236. The van der Waals surface area contributed by atoms with E-state index in [1.54, 1.807) is 16.8 Å². The monoisotopic (exact) mass is 476 g/mol. The van der Waals surface area contributed by atoms with Gasteiger partial charge in [0, 0.05) is 25.2 Å². The fourth-order valence-electron chi connectivity index (χ4n) is 5.67. The highest BCUT2D eigenvalue weighted by atomic mass is 16.6. The molecular formula is C27H32N4O4. The second-order valence-electron chi connectivity index (χ2n) is 10.1. The number of ether oxygens (including phenoxy) is 1. The number of cyclic esters (lactones) is 1. The van der Waals surface area contributed by atoms with Crippen molar-refractivity contribution in [2.75, 3.05) is 0 Å². The maximum absolute atomic E-state index is 13.4. The van der Waals surface area contributed by atoms with Gasteiger partial charge in [0.2, 0.25) is 0 Å². The summed E-state index contributed by atoms with van der Waals surface area (Å²) in [4.78, 5) is 35.3. The summed E-state index contributed by atoms with van der Waals surface area (Å²) in [6.45, 7) is 3.99. The Balaban J connectivity index is 1.36. The van der Waals surface area contributed by atoms with Crippen molar-refractivity contribution in [2.24, 2.45) is 11.8 Å². The van der Waals surface area contributed by atoms with Crippen molar-refractivity contribution in [1.29, 1.82) is 0 Å². The van der Waals surface area contributed by atoms with Crippen molar-refractivity contribution in [3.05, 3.63) is 53.1 Å². The fraction of sp³-hybridized carbons (Fsp3) is 0.519. The number of hydrogen-bond donors (Lipinski definition) is 1. The molecule has 2 aromatic heterocycles. The van der Waals surface area contributed by atoms with Crippen LogP contribution in [0.15, 0.2) is 30.6 Å². The highest BCUT2D eigenvalue weighted by Crippen LogP contribution is 2.45. The van der Waals surface area contributed by atoms with Crippen molar-refractivity contribution in [1.82, 2.24) is 19.6 Å². The second-order valence-corrected chi connectivity index (χ2v) is 10.1. The van der Waals surface area contributed by atoms with E-state index >= 15 is 0 Å². The van der Waals surface area contributed by atoms with Crippen LogP contribution in [-0.4, -0.2) is 42.0 Å². The van der Waals surface area contributed by atoms with E-state index in [1.807, 2.05) is 25.3 Å². The standard InChI is InChI=1S/C27H32N4O4/c1-3-18-8-9-22(32)19(12-18)10-11-27(20-6-4-5-7-20)14-23(33)21(25(34)35-27)13-24-29-26-28-15-17(2)16-31(26)30-24/h8-9,12,15-16,20-21,32H,3-7,10-11,13-14H2,1-2H3. The zero-order chi connectivity index (χ0) is 24.6. The largest absolute Gasteiger partial charge is 0.508 e. The maximum Gasteiger partial charge on any atom is 0.317 e. The van der Waals surface area contributed by atoms with E-state index < -0.39 is 17.5 Å². The van der Waals surface area contributed by atoms with Crippen LogP contribution < -0.4 is 0 Å². The highest BCUT2D eigenvalue weighted by Gasteiger charge is 2.51. The third kappa shape index (κ3) is 4.66. The molecule has 3 aromatic rings. The van der Waals surface area contributed by atoms with E-state index in [-0.39, 0.29) is 30.3 Å². The number of benzene rings is 1. The first kappa shape index (κ1) is 23.5. The molecule has 8 nitrogen and oxygen atoms in total. The minimum absolute atomic E-state index is 0.109. The zero-order valence-electron chi connectivity index (χ0n) is 20.4. The molecule has 3 heterocycles. The second kappa shape index (κ2) is 9.40. The molecule has 0 radical (unpaired) electrons. The van der Waals surface area contributed by atoms with E-state index in [9.17, 15) is 14.7 Å². The topological polar surface area (TPSA) is 107 Å². The summed E-state index contributed by atoms with van der Waals surface area (Å²) < 4.78 is 7.78. The van der Waals surface area contributed by atoms with Crippen LogP contribution >= 0.6 is 0 Å². The van der Waals surface area contributed by atoms with Crippen molar-refractivity contribution < 1.29 is 19.4 Å². The molecule has 1 aromatic carbocycles. The maximum atomic E-state index is 13.4. The zero-order valence-corrected chi connectivity index (χ0v) is 20.4. The number of phenols is 1. The summed E-state index contributed by atoms with van der Waals surface area (Å²) in [5, 5.41) is 14.8. The summed E-state index contributed by atoms with van der Waals surface area (Å²) in [6.07, 6.45) is 9.85. The molecule has 1 aliphatic heterocycles. The Morgan fingerprint density at radius 2 is 2.03 bits per heavy atom. The number of carbonyl (C=O) groups is 2. The van der Waals surface area contributed by atoms with Crippen LogP contribution in [0.1, 0.15) is 68.0 Å². The van der Waals surface area contributed by atoms with Gasteiger partial charge in [-0.05, 0) is 67.7 Å². The number of phenolic OH excluding ortho intramolecular Hbond substituents is 1. The molecule has 2 unspecified atom stereocenters. The van der Waals surface area contributed by atoms with Crippen LogP contribution in [-0.2, 0) is 33.6 Å². The predicted molar refractivity (Wildman–Crippen MR) is 129 cm³/mol. The van der Waals surface area contributed by atoms with E-state index in [0.717, 1.165) is 48.8 Å². The first-order valence-electron chi connectivity index (χ1n) is 12.6. The smallest absolute Gasteiger partial charge is 0.317 e. The Hall–Kier alpha value is -3.29. The summed E-state index contributed by atoms with van der Waals surface area (Å²) >= 11 is 0. The van der Waals surface area contributed by atoms with Crippen LogP contribution in [0.3, 0.4) is 0 Å². The van der Waals surface area contributed by atoms with Crippen molar-refractivity contribution in [3.63, 3.8) is 0 Å². The number of fused-ring (bicyclic) bond motifs is 1. The molecule has 8 heteroatoms. The Bertz CT molecular complexity index is 1240. The quantitative estimate of drug-likeness (QED) is 0.407. The minimum Gasteiger partial charge on any atom is -0.508 e. The molecule has 1 saturated heterocycles. The molecule has 0 amide bonds. The van der Waals surface area contributed by atoms with Crippen LogP contribution in [0, 0.1) is 18.8 Å². The van der Waals surface area contributed by atoms with Gasteiger partial charge in [0.1, 0.15) is 17.3 Å². The number of aryl methyl sites for hydroxylation is 3. The van der Waals surface area contributed by atoms with Crippen molar-refractivity contribution in [2.45, 2.75) is 77.2 Å². The third-order valence-electron chi connectivity index (χ3n) is 7.67. The number of aromatic nitrogens is 4. The van der Waals surface area contributed by atoms with Crippen LogP contribution in [0.5, 0.6) is 5.75 Å². The summed E-state index contributed by atoms with van der Waals surface area (Å²) in [5.41, 5.74) is 2.11. The van der Waals surface area contributed by atoms with Gasteiger partial charge in [-0.2, -0.15) is 4.98 Å². The van der Waals surface area contributed by atoms with E-state index in [1.165, 1.54) is 0 Å². The lowest BCUT2D eigenvalue weighted by atomic mass is 9.73. The Morgan fingerprint density at radius 1 is 1.23 bits per heavy atom. The fourth-order valence-corrected chi connectivity index (χ4v) is 5.67. The lowest BCUT2D eigenvalue weighted by Gasteiger charge is -2.43. The van der Waals surface area contributed by atoms with Crippen molar-refractivity contribution >= 4 is 17.5 Å². The first-order chi connectivity index (χ1) is 16.9. The third-order valence-corrected chi connectivity index (χ3v) is 7.67. The molecule has 1 saturated carbocycles. The molecule has 2 fully saturated rings. The van der Waals surface area contributed by atoms with Gasteiger partial charge in [0.05, 0.1) is 0 Å². The molecule has 2 atom stereocenters. The Morgan fingerprint density at radius 3 is 2.77 bits per heavy atom. The number of aromatic hydroxyl groups is 1. The SMILES string of the molecule is CCc1ccc(O)c(CCC2(C3CCCC3)CC(=O)C(Cc3nc4ncc(C)cn4n3)C(=O)O2)c1. The van der Waals surface area contributed by atoms with Gasteiger partial charge in [0.15, 0.2) is 11.6 Å². The van der Waals surface area contributed by atoms with Gasteiger partial charge in [0.25, 0.3) is 5.78 Å². The van der Waals surface area contributed by atoms with E-state index in [0.29, 0.717) is 24.4 Å². The van der Waals surface area contributed by atoms with Crippen molar-refractivity contribution in [3.8, 4) is 5.75 Å². The average molecular weight is 477 g/mol. The number of ketones is 1. The number of hydrogen-bond acceptors (Lipinski definition) is 7. The molecule has 2 aliphatic rings. The summed E-state index contributed by atoms with van der Waals surface area (Å²) in [7, 11) is 0. The number of esters is 1. The number of Topliss-reactive ketones (excluding diaryl/α,β-unsaturated/α-hetero) is 1. The van der Waals surface area contributed by atoms with Gasteiger partial charge in [-0.25, -0.2) is 9.50 Å². The molecule has 1 aliphatic carbocycles. The molecule has 1 N–H and O–H groups in total. The van der Waals surface area contributed by atoms with Crippen LogP contribution in [0.25, 0.3) is 5.78 Å². The minimum atomic E-state index is -0.903. The van der Waals surface area contributed by atoms with Gasteiger partial charge < -0.3 is 9.84 Å². The number of rotatable bonds is 7. The van der Waals surface area contributed by atoms with Crippen LogP contribution in [0.4, 0.5) is 0 Å². The normalized spacial score (nSPS) is 23.2. The molecule has 0 spiro atoms. The molecule has 35 heavy (non-hydrogen) atoms. The van der Waals surface area contributed by atoms with Gasteiger partial charge in [-0.1, -0.05) is 31.9 Å². The predicted octanol–water partition coefficient (Wildman–Crippen LogP) is 3.94. The molecule has 184 valence electrons. The number of carbonyl (C=O) groups excluding carboxylic acids is 2. The van der Waals surface area contributed by atoms with Crippen LogP contribution in [0.2, 0.25) is 0 Å². The van der Waals surface area contributed by atoms with Gasteiger partial charge >= 0.3 is 5.97 Å². The Kier molecular flexibility index (Phi) is 6.30. The summed E-state index contributed by atoms with van der Waals surface area (Å²) in [6, 6.07) is 5.66. The number of nitrogens with zero attached hydrogens (tertiary/aromatic N) is 4. The van der Waals surface area contributed by atoms with Gasteiger partial charge in [-0.3, -0.25) is 9.59 Å².